The highest BCUT2D eigenvalue weighted by Gasteiger charge is 2.28. The number of hydrogen-bond acceptors (Lipinski definition) is 5. The maximum atomic E-state index is 12.9. The van der Waals surface area contributed by atoms with Crippen molar-refractivity contribution < 1.29 is 9.53 Å². The molecular weight excluding hydrogens is 462 g/mol. The number of amides is 1. The number of carbonyl (C=O) groups is 1. The van der Waals surface area contributed by atoms with Gasteiger partial charge in [-0.15, -0.1) is 0 Å². The summed E-state index contributed by atoms with van der Waals surface area (Å²) >= 11 is 6.13. The third kappa shape index (κ3) is 7.00. The van der Waals surface area contributed by atoms with Crippen LogP contribution in [0.25, 0.3) is 5.03 Å². The van der Waals surface area contributed by atoms with Crippen LogP contribution in [-0.2, 0) is 15.6 Å². The first kappa shape index (κ1) is 28.7. The summed E-state index contributed by atoms with van der Waals surface area (Å²) in [5, 5.41) is 10.2. The predicted octanol–water partition coefficient (Wildman–Crippen LogP) is 5.75. The van der Waals surface area contributed by atoms with E-state index in [1.54, 1.807) is 13.8 Å². The predicted molar refractivity (Wildman–Crippen MR) is 144 cm³/mol. The Morgan fingerprint density at radius 2 is 1.80 bits per heavy atom. The molecule has 2 aromatic rings. The van der Waals surface area contributed by atoms with Crippen molar-refractivity contribution in [1.82, 2.24) is 20.5 Å². The fourth-order valence-electron chi connectivity index (χ4n) is 3.48. The van der Waals surface area contributed by atoms with Gasteiger partial charge in [0, 0.05) is 23.7 Å². The minimum atomic E-state index is -0.652. The zero-order valence-electron chi connectivity index (χ0n) is 22.7. The maximum absolute atomic E-state index is 12.9. The first-order valence-electron chi connectivity index (χ1n) is 12.4. The van der Waals surface area contributed by atoms with Crippen LogP contribution in [0.2, 0.25) is 0 Å². The molecule has 1 aromatic carbocycles. The van der Waals surface area contributed by atoms with E-state index in [9.17, 15) is 4.79 Å². The van der Waals surface area contributed by atoms with Gasteiger partial charge in [0.15, 0.2) is 11.9 Å². The lowest BCUT2D eigenvalue weighted by molar-refractivity contribution is -0.127. The lowest BCUT2D eigenvalue weighted by Gasteiger charge is -2.31. The van der Waals surface area contributed by atoms with Gasteiger partial charge in [-0.2, -0.15) is 5.10 Å². The topological polar surface area (TPSA) is 106 Å². The van der Waals surface area contributed by atoms with Gasteiger partial charge >= 0.3 is 0 Å². The van der Waals surface area contributed by atoms with Crippen molar-refractivity contribution in [2.45, 2.75) is 98.0 Å². The van der Waals surface area contributed by atoms with E-state index in [-0.39, 0.29) is 22.7 Å². The number of benzene rings is 1. The Bertz CT molecular complexity index is 1050. The van der Waals surface area contributed by atoms with Crippen molar-refractivity contribution in [3.8, 4) is 5.75 Å². The van der Waals surface area contributed by atoms with Gasteiger partial charge in [0.05, 0.1) is 0 Å². The molecule has 2 rings (SSSR count). The lowest BCUT2D eigenvalue weighted by atomic mass is 9.76. The average Bonchev–Trinajstić information content (AvgIpc) is 3.32. The quantitative estimate of drug-likeness (QED) is 0.362. The highest BCUT2D eigenvalue weighted by Crippen LogP contribution is 2.38. The lowest BCUT2D eigenvalue weighted by Crippen LogP contribution is -2.38. The second kappa shape index (κ2) is 11.5. The van der Waals surface area contributed by atoms with E-state index < -0.39 is 6.10 Å². The number of aromatic amines is 1. The minimum absolute atomic E-state index is 0.0691. The number of hydrogen-bond donors (Lipinski definition) is 3. The maximum Gasteiger partial charge on any atom is 0.260 e. The molecule has 1 heterocycles. The molecule has 0 fully saturated rings. The van der Waals surface area contributed by atoms with Crippen LogP contribution in [0.1, 0.15) is 104 Å². The van der Waals surface area contributed by atoms with Gasteiger partial charge < -0.3 is 15.8 Å². The van der Waals surface area contributed by atoms with Crippen molar-refractivity contribution in [3.63, 3.8) is 0 Å². The molecule has 7 nitrogen and oxygen atoms in total. The average molecular weight is 504 g/mol. The van der Waals surface area contributed by atoms with Gasteiger partial charge in [-0.1, -0.05) is 72.2 Å². The summed E-state index contributed by atoms with van der Waals surface area (Å²) < 4.78 is 6.21. The molecule has 0 spiro atoms. The minimum Gasteiger partial charge on any atom is -0.481 e. The van der Waals surface area contributed by atoms with Crippen molar-refractivity contribution in [1.29, 1.82) is 0 Å². The molecule has 35 heavy (non-hydrogen) atoms. The molecule has 0 aliphatic rings. The third-order valence-electron chi connectivity index (χ3n) is 7.03. The van der Waals surface area contributed by atoms with Gasteiger partial charge in [-0.25, -0.2) is 4.98 Å². The first-order valence-corrected chi connectivity index (χ1v) is 12.7. The highest BCUT2D eigenvalue weighted by molar-refractivity contribution is 6.48. The van der Waals surface area contributed by atoms with Gasteiger partial charge in [0.2, 0.25) is 0 Å². The van der Waals surface area contributed by atoms with E-state index in [1.165, 1.54) is 5.56 Å². The van der Waals surface area contributed by atoms with Crippen LogP contribution in [0, 0.1) is 0 Å². The third-order valence-corrected chi connectivity index (χ3v) is 7.49. The van der Waals surface area contributed by atoms with Crippen molar-refractivity contribution in [2.75, 3.05) is 6.54 Å². The fourth-order valence-corrected chi connectivity index (χ4v) is 3.57. The smallest absolute Gasteiger partial charge is 0.260 e. The number of H-pyrrole nitrogens is 1. The van der Waals surface area contributed by atoms with Crippen LogP contribution in [0.5, 0.6) is 5.75 Å². The number of ether oxygens (including phenoxy) is 1. The number of rotatable bonds is 11. The fraction of sp³-hybridized carbons (Fsp3) is 0.593. The molecule has 8 heteroatoms. The normalized spacial score (nSPS) is 14.8. The monoisotopic (exact) mass is 503 g/mol. The van der Waals surface area contributed by atoms with Crippen LogP contribution < -0.4 is 15.8 Å². The Labute approximate surface area is 215 Å². The van der Waals surface area contributed by atoms with E-state index in [2.05, 4.69) is 74.2 Å². The highest BCUT2D eigenvalue weighted by atomic mass is 35.5. The number of nitrogens with one attached hydrogen (secondary N) is 2. The van der Waals surface area contributed by atoms with Gasteiger partial charge in [0.1, 0.15) is 16.6 Å². The molecule has 1 amide bonds. The Morgan fingerprint density at radius 3 is 2.37 bits per heavy atom. The SMILES string of the molecule is CCC(C)(C)c1ccc(OC(C)C(=O)NCC(C)c2nc(C(Cl)=C(C)N)n[nH]2)c(C(C)(C)CC)c1. The van der Waals surface area contributed by atoms with Crippen molar-refractivity contribution in [3.05, 3.63) is 46.7 Å². The number of nitrogens with two attached hydrogens (primary N) is 1. The standard InChI is InChI=1S/C27H42ClN5O2/c1-10-26(6,7)19-12-13-21(20(14-19)27(8,9)11-2)35-18(5)25(34)30-15-16(3)23-31-24(33-32-23)22(28)17(4)29/h12-14,16,18H,10-11,15,29H2,1-9H3,(H,30,34)(H,31,32,33). The molecule has 2 atom stereocenters. The molecule has 194 valence electrons. The van der Waals surface area contributed by atoms with E-state index in [4.69, 9.17) is 22.1 Å². The Kier molecular flexibility index (Phi) is 9.40. The van der Waals surface area contributed by atoms with E-state index in [0.717, 1.165) is 24.2 Å². The van der Waals surface area contributed by atoms with Gasteiger partial charge in [-0.05, 0) is 49.1 Å². The largest absolute Gasteiger partial charge is 0.481 e. The summed E-state index contributed by atoms with van der Waals surface area (Å²) in [5.74, 6) is 1.43. The molecule has 0 saturated heterocycles. The molecule has 2 unspecified atom stereocenters. The summed E-state index contributed by atoms with van der Waals surface area (Å²) in [7, 11) is 0. The summed E-state index contributed by atoms with van der Waals surface area (Å²) in [6.07, 6.45) is 1.35. The van der Waals surface area contributed by atoms with Crippen LogP contribution in [0.3, 0.4) is 0 Å². The number of carbonyl (C=O) groups excluding carboxylic acids is 1. The van der Waals surface area contributed by atoms with Crippen LogP contribution >= 0.6 is 11.6 Å². The number of aromatic nitrogens is 3. The molecule has 0 bridgehead atoms. The molecule has 0 aliphatic carbocycles. The van der Waals surface area contributed by atoms with Crippen molar-refractivity contribution in [2.24, 2.45) is 5.73 Å². The van der Waals surface area contributed by atoms with Crippen LogP contribution in [0.15, 0.2) is 23.9 Å². The number of allylic oxidation sites excluding steroid dienone is 1. The summed E-state index contributed by atoms with van der Waals surface area (Å²) in [4.78, 5) is 17.2. The molecule has 0 saturated carbocycles. The summed E-state index contributed by atoms with van der Waals surface area (Å²) in [5.41, 5.74) is 8.55. The number of halogens is 1. The van der Waals surface area contributed by atoms with E-state index in [1.807, 2.05) is 13.0 Å². The van der Waals surface area contributed by atoms with Crippen LogP contribution in [0.4, 0.5) is 0 Å². The number of nitrogens with zero attached hydrogens (tertiary/aromatic N) is 2. The molecule has 1 aromatic heterocycles. The van der Waals surface area contributed by atoms with Crippen LogP contribution in [-0.4, -0.2) is 33.7 Å². The second-order valence-electron chi connectivity index (χ2n) is 10.6. The van der Waals surface area contributed by atoms with Gasteiger partial charge in [-0.3, -0.25) is 9.89 Å². The second-order valence-corrected chi connectivity index (χ2v) is 11.0. The summed E-state index contributed by atoms with van der Waals surface area (Å²) in [6.45, 7) is 19.1. The van der Waals surface area contributed by atoms with E-state index >= 15 is 0 Å². The zero-order chi connectivity index (χ0) is 26.6. The van der Waals surface area contributed by atoms with Gasteiger partial charge in [0.25, 0.3) is 5.91 Å². The first-order chi connectivity index (χ1) is 16.2. The van der Waals surface area contributed by atoms with E-state index in [0.29, 0.717) is 28.9 Å². The molecule has 0 aliphatic heterocycles. The molecule has 4 N–H and O–H groups in total. The zero-order valence-corrected chi connectivity index (χ0v) is 23.4. The summed E-state index contributed by atoms with van der Waals surface area (Å²) in [6, 6.07) is 6.38. The van der Waals surface area contributed by atoms with Crippen molar-refractivity contribution >= 4 is 22.5 Å². The Morgan fingerprint density at radius 1 is 1.17 bits per heavy atom. The Hall–Kier alpha value is -2.54. The Balaban J connectivity index is 2.12. The molecular formula is C27H42ClN5O2. The molecule has 0 radical (unpaired) electrons.